The number of alkyl halides is 2. The van der Waals surface area contributed by atoms with Gasteiger partial charge in [0.2, 0.25) is 0 Å². The van der Waals surface area contributed by atoms with Gasteiger partial charge in [-0.25, -0.2) is 18.3 Å². The average molecular weight is 506 g/mol. The summed E-state index contributed by atoms with van der Waals surface area (Å²) in [6, 6.07) is 12.5. The molecule has 1 atom stereocenters. The van der Waals surface area contributed by atoms with Gasteiger partial charge < -0.3 is 5.32 Å². The summed E-state index contributed by atoms with van der Waals surface area (Å²) < 4.78 is 28.7. The number of nitriles is 1. The van der Waals surface area contributed by atoms with Crippen LogP contribution in [0.4, 0.5) is 13.8 Å². The van der Waals surface area contributed by atoms with Crippen LogP contribution in [0.25, 0.3) is 16.9 Å². The van der Waals surface area contributed by atoms with Gasteiger partial charge in [-0.1, -0.05) is 51.1 Å². The number of hydrogen-bond acceptors (Lipinski definition) is 5. The van der Waals surface area contributed by atoms with Crippen molar-refractivity contribution in [3.63, 3.8) is 0 Å². The minimum atomic E-state index is -2.81. The Morgan fingerprint density at radius 2 is 2.03 bits per heavy atom. The van der Waals surface area contributed by atoms with Crippen LogP contribution in [0.15, 0.2) is 42.6 Å². The predicted octanol–water partition coefficient (Wildman–Crippen LogP) is 6.67. The van der Waals surface area contributed by atoms with E-state index in [1.165, 1.54) is 23.6 Å². The second-order valence-corrected chi connectivity index (χ2v) is 11.2. The second kappa shape index (κ2) is 9.10. The molecule has 6 nitrogen and oxygen atoms in total. The zero-order valence-electron chi connectivity index (χ0n) is 20.2. The van der Waals surface area contributed by atoms with Crippen molar-refractivity contribution >= 4 is 27.9 Å². The molecular weight excluding hydrogens is 480 g/mol. The van der Waals surface area contributed by atoms with Crippen LogP contribution in [-0.2, 0) is 12.8 Å². The molecule has 1 aromatic carbocycles. The molecule has 1 amide bonds. The fourth-order valence-corrected chi connectivity index (χ4v) is 6.03. The first-order valence-corrected chi connectivity index (χ1v) is 12.6. The molecule has 0 saturated carbocycles. The maximum atomic E-state index is 13.9. The van der Waals surface area contributed by atoms with Crippen molar-refractivity contribution in [3.8, 4) is 17.3 Å². The number of thiophene rings is 1. The van der Waals surface area contributed by atoms with Gasteiger partial charge in [0, 0.05) is 10.4 Å². The Morgan fingerprint density at radius 3 is 2.69 bits per heavy atom. The smallest absolute Gasteiger partial charge is 0.280 e. The van der Waals surface area contributed by atoms with E-state index in [4.69, 9.17) is 0 Å². The summed E-state index contributed by atoms with van der Waals surface area (Å²) in [6.45, 7) is 6.67. The highest BCUT2D eigenvalue weighted by atomic mass is 32.1. The number of anilines is 1. The molecule has 36 heavy (non-hydrogen) atoms. The molecule has 0 aliphatic heterocycles. The Bertz CT molecular complexity index is 1490. The quantitative estimate of drug-likeness (QED) is 0.336. The lowest BCUT2D eigenvalue weighted by Crippen LogP contribution is -2.26. The summed E-state index contributed by atoms with van der Waals surface area (Å²) in [5.41, 5.74) is 2.37. The van der Waals surface area contributed by atoms with Crippen LogP contribution >= 0.6 is 11.3 Å². The van der Waals surface area contributed by atoms with E-state index in [1.54, 1.807) is 24.3 Å². The third kappa shape index (κ3) is 4.26. The SMILES string of the molecule is CC(C)(C)[C@H]1CCc2c(sc(NC(=O)c3cnn4c(C(F)F)cc(-c5ccccc5)nc34)c2C#N)C1. The van der Waals surface area contributed by atoms with Gasteiger partial charge in [-0.3, -0.25) is 4.79 Å². The zero-order chi connectivity index (χ0) is 25.6. The lowest BCUT2D eigenvalue weighted by Gasteiger charge is -2.33. The van der Waals surface area contributed by atoms with Crippen molar-refractivity contribution in [1.82, 2.24) is 14.6 Å². The number of carbonyl (C=O) groups excluding carboxylic acids is 1. The topological polar surface area (TPSA) is 83.1 Å². The van der Waals surface area contributed by atoms with Crippen LogP contribution in [0.1, 0.15) is 65.7 Å². The zero-order valence-corrected chi connectivity index (χ0v) is 21.0. The lowest BCUT2D eigenvalue weighted by molar-refractivity contribution is 0.102. The van der Waals surface area contributed by atoms with Gasteiger partial charge in [-0.2, -0.15) is 10.4 Å². The van der Waals surface area contributed by atoms with Crippen LogP contribution in [-0.4, -0.2) is 20.5 Å². The predicted molar refractivity (Wildman–Crippen MR) is 135 cm³/mol. The first-order chi connectivity index (χ1) is 17.2. The Hall–Kier alpha value is -3.64. The molecule has 184 valence electrons. The highest BCUT2D eigenvalue weighted by molar-refractivity contribution is 7.16. The minimum Gasteiger partial charge on any atom is -0.312 e. The van der Waals surface area contributed by atoms with Crippen LogP contribution < -0.4 is 5.32 Å². The molecule has 1 aliphatic carbocycles. The van der Waals surface area contributed by atoms with E-state index in [1.807, 2.05) is 6.07 Å². The van der Waals surface area contributed by atoms with E-state index in [0.717, 1.165) is 34.2 Å². The maximum Gasteiger partial charge on any atom is 0.280 e. The minimum absolute atomic E-state index is 0.0387. The molecular formula is C27H25F2N5OS. The van der Waals surface area contributed by atoms with Crippen LogP contribution in [0.5, 0.6) is 0 Å². The first-order valence-electron chi connectivity index (χ1n) is 11.8. The Balaban J connectivity index is 1.52. The standard InChI is InChI=1S/C27H25F2N5OS/c1-27(2,3)16-9-10-17-18(13-30)26(36-22(17)11-16)33-25(35)19-14-31-34-21(23(28)29)12-20(32-24(19)34)15-7-5-4-6-8-15/h4-8,12,14,16,23H,9-11H2,1-3H3,(H,33,35)/t16-/m0/s1. The summed E-state index contributed by atoms with van der Waals surface area (Å²) in [4.78, 5) is 19.0. The maximum absolute atomic E-state index is 13.9. The van der Waals surface area contributed by atoms with Crippen LogP contribution in [0.3, 0.4) is 0 Å². The highest BCUT2D eigenvalue weighted by Gasteiger charge is 2.33. The van der Waals surface area contributed by atoms with Gasteiger partial charge in [0.15, 0.2) is 5.65 Å². The largest absolute Gasteiger partial charge is 0.312 e. The molecule has 9 heteroatoms. The van der Waals surface area contributed by atoms with E-state index >= 15 is 0 Å². The van der Waals surface area contributed by atoms with E-state index in [-0.39, 0.29) is 22.3 Å². The summed E-state index contributed by atoms with van der Waals surface area (Å²) in [7, 11) is 0. The number of amides is 1. The van der Waals surface area contributed by atoms with Crippen molar-refractivity contribution in [1.29, 1.82) is 5.26 Å². The Labute approximate surface area is 211 Å². The molecule has 3 heterocycles. The molecule has 0 unspecified atom stereocenters. The third-order valence-corrected chi connectivity index (χ3v) is 8.04. The summed E-state index contributed by atoms with van der Waals surface area (Å²) in [5.74, 6) is -0.0443. The van der Waals surface area contributed by atoms with E-state index in [9.17, 15) is 18.8 Å². The molecule has 0 radical (unpaired) electrons. The van der Waals surface area contributed by atoms with Gasteiger partial charge in [0.25, 0.3) is 12.3 Å². The molecule has 5 rings (SSSR count). The molecule has 1 aliphatic rings. The van der Waals surface area contributed by atoms with E-state index in [2.05, 4.69) is 42.2 Å². The van der Waals surface area contributed by atoms with Gasteiger partial charge in [0.05, 0.1) is 17.5 Å². The Morgan fingerprint density at radius 1 is 1.28 bits per heavy atom. The van der Waals surface area contributed by atoms with Gasteiger partial charge >= 0.3 is 0 Å². The van der Waals surface area contributed by atoms with Gasteiger partial charge in [-0.05, 0) is 42.2 Å². The number of nitrogens with zero attached hydrogens (tertiary/aromatic N) is 4. The molecule has 0 bridgehead atoms. The molecule has 0 fully saturated rings. The monoisotopic (exact) mass is 505 g/mol. The number of nitrogens with one attached hydrogen (secondary N) is 1. The molecule has 3 aromatic heterocycles. The molecule has 4 aromatic rings. The van der Waals surface area contributed by atoms with Crippen molar-refractivity contribution in [3.05, 3.63) is 69.9 Å². The fraction of sp³-hybridized carbons (Fsp3) is 0.333. The number of fused-ring (bicyclic) bond motifs is 2. The number of aromatic nitrogens is 3. The Kier molecular flexibility index (Phi) is 6.08. The number of benzene rings is 1. The number of rotatable bonds is 4. The number of halogens is 2. The normalized spacial score (nSPS) is 15.6. The molecule has 1 N–H and O–H groups in total. The molecule has 0 saturated heterocycles. The van der Waals surface area contributed by atoms with Crippen LogP contribution in [0, 0.1) is 22.7 Å². The van der Waals surface area contributed by atoms with Crippen LogP contribution in [0.2, 0.25) is 0 Å². The number of hydrogen-bond donors (Lipinski definition) is 1. The fourth-order valence-electron chi connectivity index (χ4n) is 4.76. The third-order valence-electron chi connectivity index (χ3n) is 6.87. The van der Waals surface area contributed by atoms with Crippen molar-refractivity contribution in [2.24, 2.45) is 11.3 Å². The van der Waals surface area contributed by atoms with Crippen molar-refractivity contribution in [2.75, 3.05) is 5.32 Å². The summed E-state index contributed by atoms with van der Waals surface area (Å²) >= 11 is 1.42. The van der Waals surface area contributed by atoms with Gasteiger partial charge in [-0.15, -0.1) is 11.3 Å². The van der Waals surface area contributed by atoms with Crippen molar-refractivity contribution < 1.29 is 13.6 Å². The molecule has 0 spiro atoms. The lowest BCUT2D eigenvalue weighted by atomic mass is 9.72. The van der Waals surface area contributed by atoms with E-state index < -0.39 is 12.3 Å². The van der Waals surface area contributed by atoms with Crippen molar-refractivity contribution in [2.45, 2.75) is 46.5 Å². The second-order valence-electron chi connectivity index (χ2n) is 10.1. The number of carbonyl (C=O) groups is 1. The first kappa shape index (κ1) is 24.1. The van der Waals surface area contributed by atoms with E-state index in [0.29, 0.717) is 27.7 Å². The van der Waals surface area contributed by atoms with Gasteiger partial charge in [0.1, 0.15) is 22.3 Å². The summed E-state index contributed by atoms with van der Waals surface area (Å²) in [6.07, 6.45) is 1.09. The summed E-state index contributed by atoms with van der Waals surface area (Å²) in [5, 5.41) is 17.2. The average Bonchev–Trinajstić information content (AvgIpc) is 3.43. The highest BCUT2D eigenvalue weighted by Crippen LogP contribution is 2.44.